The van der Waals surface area contributed by atoms with Crippen LogP contribution in [0.25, 0.3) is 11.0 Å². The van der Waals surface area contributed by atoms with E-state index in [9.17, 15) is 9.59 Å². The predicted octanol–water partition coefficient (Wildman–Crippen LogP) is 5.56. The first-order valence-corrected chi connectivity index (χ1v) is 12.3. The fourth-order valence-electron chi connectivity index (χ4n) is 3.94. The molecule has 4 rings (SSSR count). The predicted molar refractivity (Wildman–Crippen MR) is 144 cm³/mol. The number of benzene rings is 3. The molecule has 0 radical (unpaired) electrons. The smallest absolute Gasteiger partial charge is 0.287 e. The maximum Gasteiger partial charge on any atom is 0.287 e. The van der Waals surface area contributed by atoms with E-state index in [2.05, 4.69) is 10.6 Å². The van der Waals surface area contributed by atoms with Crippen LogP contribution in [0.15, 0.2) is 77.2 Å². The van der Waals surface area contributed by atoms with Gasteiger partial charge in [-0.05, 0) is 55.8 Å². The fourth-order valence-corrected chi connectivity index (χ4v) is 3.94. The first-order valence-electron chi connectivity index (χ1n) is 12.3. The molecule has 4 N–H and O–H groups in total. The van der Waals surface area contributed by atoms with E-state index >= 15 is 0 Å². The summed E-state index contributed by atoms with van der Waals surface area (Å²) in [5.41, 5.74) is 8.80. The lowest BCUT2D eigenvalue weighted by molar-refractivity contribution is 0.0644. The van der Waals surface area contributed by atoms with Crippen LogP contribution in [-0.4, -0.2) is 31.6 Å². The SMILES string of the molecule is CCCOC(C)c1c(C(=O)NCCOc2ccc(C(=O)Nc3ccccc3N)cc2)oc2ccccc12. The van der Waals surface area contributed by atoms with Gasteiger partial charge in [0.1, 0.15) is 17.9 Å². The summed E-state index contributed by atoms with van der Waals surface area (Å²) >= 11 is 0. The van der Waals surface area contributed by atoms with Gasteiger partial charge in [0.15, 0.2) is 5.76 Å². The number of fused-ring (bicyclic) bond motifs is 1. The summed E-state index contributed by atoms with van der Waals surface area (Å²) in [6.45, 7) is 5.07. The molecule has 0 saturated carbocycles. The Balaban J connectivity index is 1.32. The summed E-state index contributed by atoms with van der Waals surface area (Å²) in [6, 6.07) is 21.4. The molecule has 0 fully saturated rings. The van der Waals surface area contributed by atoms with Crippen LogP contribution >= 0.6 is 0 Å². The first kappa shape index (κ1) is 25.8. The number of carbonyl (C=O) groups is 2. The molecule has 1 aromatic heterocycles. The number of nitrogens with one attached hydrogen (secondary N) is 2. The Morgan fingerprint density at radius 2 is 1.68 bits per heavy atom. The topological polar surface area (TPSA) is 116 Å². The molecular weight excluding hydrogens is 470 g/mol. The van der Waals surface area contributed by atoms with Crippen LogP contribution in [0, 0.1) is 0 Å². The average Bonchev–Trinajstić information content (AvgIpc) is 3.31. The maximum atomic E-state index is 12.9. The number of ether oxygens (including phenoxy) is 2. The molecule has 4 aromatic rings. The van der Waals surface area contributed by atoms with E-state index < -0.39 is 0 Å². The average molecular weight is 502 g/mol. The molecule has 0 saturated heterocycles. The van der Waals surface area contributed by atoms with Gasteiger partial charge in [-0.15, -0.1) is 0 Å². The monoisotopic (exact) mass is 501 g/mol. The number of amides is 2. The van der Waals surface area contributed by atoms with Crippen molar-refractivity contribution in [2.45, 2.75) is 26.4 Å². The first-order chi connectivity index (χ1) is 18.0. The zero-order valence-corrected chi connectivity index (χ0v) is 21.0. The van der Waals surface area contributed by atoms with Crippen LogP contribution < -0.4 is 21.1 Å². The Morgan fingerprint density at radius 3 is 2.43 bits per heavy atom. The van der Waals surface area contributed by atoms with Gasteiger partial charge in [0.25, 0.3) is 11.8 Å². The number of carbonyl (C=O) groups excluding carboxylic acids is 2. The highest BCUT2D eigenvalue weighted by Gasteiger charge is 2.24. The van der Waals surface area contributed by atoms with Crippen LogP contribution in [0.5, 0.6) is 5.75 Å². The van der Waals surface area contributed by atoms with Crippen molar-refractivity contribution in [2.75, 3.05) is 30.8 Å². The summed E-state index contributed by atoms with van der Waals surface area (Å²) in [6.07, 6.45) is 0.599. The molecule has 1 heterocycles. The Hall–Kier alpha value is -4.30. The van der Waals surface area contributed by atoms with Crippen molar-refractivity contribution in [3.63, 3.8) is 0 Å². The van der Waals surface area contributed by atoms with E-state index in [4.69, 9.17) is 19.6 Å². The summed E-state index contributed by atoms with van der Waals surface area (Å²) in [7, 11) is 0. The minimum atomic E-state index is -0.325. The molecular formula is C29H31N3O5. The van der Waals surface area contributed by atoms with Gasteiger partial charge in [-0.25, -0.2) is 0 Å². The van der Waals surface area contributed by atoms with Gasteiger partial charge in [0, 0.05) is 23.1 Å². The van der Waals surface area contributed by atoms with Crippen LogP contribution in [0.4, 0.5) is 11.4 Å². The fraction of sp³-hybridized carbons (Fsp3) is 0.241. The van der Waals surface area contributed by atoms with E-state index in [1.54, 1.807) is 48.5 Å². The van der Waals surface area contributed by atoms with E-state index in [0.717, 1.165) is 17.4 Å². The molecule has 192 valence electrons. The van der Waals surface area contributed by atoms with Crippen molar-refractivity contribution in [3.05, 3.63) is 89.7 Å². The minimum Gasteiger partial charge on any atom is -0.492 e. The van der Waals surface area contributed by atoms with E-state index in [1.165, 1.54) is 0 Å². The molecule has 0 aliphatic rings. The number of furan rings is 1. The zero-order chi connectivity index (χ0) is 26.2. The molecule has 0 bridgehead atoms. The molecule has 2 amide bonds. The molecule has 8 nitrogen and oxygen atoms in total. The van der Waals surface area contributed by atoms with Crippen molar-refractivity contribution in [1.82, 2.24) is 5.32 Å². The Labute approximate surface area is 215 Å². The zero-order valence-electron chi connectivity index (χ0n) is 21.0. The second-order valence-corrected chi connectivity index (χ2v) is 8.52. The molecule has 37 heavy (non-hydrogen) atoms. The van der Waals surface area contributed by atoms with Gasteiger partial charge in [-0.1, -0.05) is 37.3 Å². The van der Waals surface area contributed by atoms with E-state index in [-0.39, 0.29) is 36.8 Å². The highest BCUT2D eigenvalue weighted by atomic mass is 16.5. The van der Waals surface area contributed by atoms with Crippen LogP contribution in [0.1, 0.15) is 52.8 Å². The van der Waals surface area contributed by atoms with Gasteiger partial charge in [-0.3, -0.25) is 9.59 Å². The molecule has 0 spiro atoms. The van der Waals surface area contributed by atoms with Crippen molar-refractivity contribution in [1.29, 1.82) is 0 Å². The lowest BCUT2D eigenvalue weighted by Gasteiger charge is -2.13. The van der Waals surface area contributed by atoms with E-state index in [0.29, 0.717) is 34.9 Å². The lowest BCUT2D eigenvalue weighted by atomic mass is 10.1. The summed E-state index contributed by atoms with van der Waals surface area (Å²) in [5, 5.41) is 6.51. The Morgan fingerprint density at radius 1 is 0.946 bits per heavy atom. The molecule has 1 unspecified atom stereocenters. The van der Waals surface area contributed by atoms with Crippen molar-refractivity contribution in [2.24, 2.45) is 0 Å². The van der Waals surface area contributed by atoms with Crippen LogP contribution in [-0.2, 0) is 4.74 Å². The van der Waals surface area contributed by atoms with Crippen molar-refractivity contribution >= 4 is 34.2 Å². The number of hydrogen-bond acceptors (Lipinski definition) is 6. The third kappa shape index (κ3) is 6.29. The van der Waals surface area contributed by atoms with Gasteiger partial charge < -0.3 is 30.3 Å². The van der Waals surface area contributed by atoms with E-state index in [1.807, 2.05) is 38.1 Å². The molecule has 1 atom stereocenters. The van der Waals surface area contributed by atoms with Gasteiger partial charge in [0.05, 0.1) is 24.0 Å². The van der Waals surface area contributed by atoms with Crippen molar-refractivity contribution < 1.29 is 23.5 Å². The standard InChI is InChI=1S/C29H31N3O5/c1-3-17-35-19(2)26-22-8-4-7-11-25(22)37-27(26)29(34)31-16-18-36-21-14-12-20(13-15-21)28(33)32-24-10-6-5-9-23(24)30/h4-15,19H,3,16-18,30H2,1-2H3,(H,31,34)(H,32,33). The number of nitrogens with two attached hydrogens (primary N) is 1. The van der Waals surface area contributed by atoms with Gasteiger partial charge in [-0.2, -0.15) is 0 Å². The number of rotatable bonds is 11. The Kier molecular flexibility index (Phi) is 8.43. The second kappa shape index (κ2) is 12.1. The maximum absolute atomic E-state index is 12.9. The highest BCUT2D eigenvalue weighted by molar-refractivity contribution is 6.05. The summed E-state index contributed by atoms with van der Waals surface area (Å²) < 4.78 is 17.5. The quantitative estimate of drug-likeness (QED) is 0.183. The van der Waals surface area contributed by atoms with Gasteiger partial charge in [0.2, 0.25) is 0 Å². The second-order valence-electron chi connectivity index (χ2n) is 8.52. The molecule has 8 heteroatoms. The largest absolute Gasteiger partial charge is 0.492 e. The van der Waals surface area contributed by atoms with Crippen LogP contribution in [0.2, 0.25) is 0 Å². The van der Waals surface area contributed by atoms with Crippen molar-refractivity contribution in [3.8, 4) is 5.75 Å². The van der Waals surface area contributed by atoms with Crippen LogP contribution in [0.3, 0.4) is 0 Å². The molecule has 0 aliphatic heterocycles. The number of para-hydroxylation sites is 3. The minimum absolute atomic E-state index is 0.245. The Bertz CT molecular complexity index is 1360. The molecule has 3 aromatic carbocycles. The third-order valence-corrected chi connectivity index (χ3v) is 5.80. The summed E-state index contributed by atoms with van der Waals surface area (Å²) in [5.74, 6) is 0.236. The lowest BCUT2D eigenvalue weighted by Crippen LogP contribution is -2.28. The number of anilines is 2. The summed E-state index contributed by atoms with van der Waals surface area (Å²) in [4.78, 5) is 25.4. The molecule has 0 aliphatic carbocycles. The number of nitrogen functional groups attached to an aromatic ring is 1. The number of hydrogen-bond donors (Lipinski definition) is 3. The van der Waals surface area contributed by atoms with Gasteiger partial charge >= 0.3 is 0 Å². The highest BCUT2D eigenvalue weighted by Crippen LogP contribution is 2.32. The third-order valence-electron chi connectivity index (χ3n) is 5.80. The normalized spacial score (nSPS) is 11.7.